The average molecular weight is 219 g/mol. The van der Waals surface area contributed by atoms with E-state index < -0.39 is 0 Å². The smallest absolute Gasteiger partial charge is 0.119 e. The first kappa shape index (κ1) is 11.0. The molecule has 0 unspecified atom stereocenters. The Morgan fingerprint density at radius 2 is 2.19 bits per heavy atom. The Hall–Kier alpha value is -1.48. The third-order valence-corrected chi connectivity index (χ3v) is 3.00. The van der Waals surface area contributed by atoms with Gasteiger partial charge in [0.1, 0.15) is 5.75 Å². The number of quaternary nitrogens is 1. The second kappa shape index (κ2) is 4.58. The number of benzene rings is 1. The predicted octanol–water partition coefficient (Wildman–Crippen LogP) is 1.66. The number of aromatic nitrogens is 1. The maximum absolute atomic E-state index is 5.26. The van der Waals surface area contributed by atoms with Crippen molar-refractivity contribution in [1.82, 2.24) is 4.98 Å². The van der Waals surface area contributed by atoms with Gasteiger partial charge in [-0.2, -0.15) is 0 Å². The summed E-state index contributed by atoms with van der Waals surface area (Å²) in [5.41, 5.74) is 7.75. The molecule has 3 heteroatoms. The molecule has 0 aliphatic rings. The van der Waals surface area contributed by atoms with Crippen LogP contribution in [-0.2, 0) is 6.42 Å². The van der Waals surface area contributed by atoms with Crippen LogP contribution in [0.1, 0.15) is 17.7 Å². The van der Waals surface area contributed by atoms with Crippen LogP contribution in [0.4, 0.5) is 0 Å². The molecule has 0 aliphatic carbocycles. The number of H-pyrrole nitrogens is 1. The molecule has 0 saturated heterocycles. The molecule has 3 nitrogen and oxygen atoms in total. The van der Waals surface area contributed by atoms with E-state index in [0.717, 1.165) is 25.1 Å². The largest absolute Gasteiger partial charge is 0.497 e. The van der Waals surface area contributed by atoms with E-state index in [-0.39, 0.29) is 0 Å². The number of aromatic amines is 1. The van der Waals surface area contributed by atoms with Gasteiger partial charge in [-0.15, -0.1) is 0 Å². The van der Waals surface area contributed by atoms with Crippen molar-refractivity contribution in [2.45, 2.75) is 19.8 Å². The normalized spacial score (nSPS) is 10.9. The second-order valence-corrected chi connectivity index (χ2v) is 4.10. The highest BCUT2D eigenvalue weighted by molar-refractivity contribution is 5.86. The summed E-state index contributed by atoms with van der Waals surface area (Å²) in [5.74, 6) is 0.919. The van der Waals surface area contributed by atoms with Crippen LogP contribution in [0.3, 0.4) is 0 Å². The number of methoxy groups -OCH3 is 1. The highest BCUT2D eigenvalue weighted by Crippen LogP contribution is 2.27. The molecule has 0 aliphatic heterocycles. The number of fused-ring (bicyclic) bond motifs is 1. The van der Waals surface area contributed by atoms with Crippen molar-refractivity contribution in [2.75, 3.05) is 13.7 Å². The average Bonchev–Trinajstić information content (AvgIpc) is 2.61. The van der Waals surface area contributed by atoms with Gasteiger partial charge in [-0.1, -0.05) is 0 Å². The maximum atomic E-state index is 5.26. The minimum Gasteiger partial charge on any atom is -0.497 e. The zero-order valence-corrected chi connectivity index (χ0v) is 9.97. The minimum absolute atomic E-state index is 0.919. The second-order valence-electron chi connectivity index (χ2n) is 4.10. The highest BCUT2D eigenvalue weighted by Gasteiger charge is 2.08. The summed E-state index contributed by atoms with van der Waals surface area (Å²) in [4.78, 5) is 3.41. The lowest BCUT2D eigenvalue weighted by atomic mass is 10.1. The van der Waals surface area contributed by atoms with E-state index in [1.54, 1.807) is 7.11 Å². The first-order valence-corrected chi connectivity index (χ1v) is 5.70. The number of hydrogen-bond donors (Lipinski definition) is 2. The molecule has 1 heterocycles. The summed E-state index contributed by atoms with van der Waals surface area (Å²) in [7, 11) is 1.70. The van der Waals surface area contributed by atoms with E-state index in [4.69, 9.17) is 4.74 Å². The monoisotopic (exact) mass is 219 g/mol. The molecule has 0 spiro atoms. The summed E-state index contributed by atoms with van der Waals surface area (Å²) in [5, 5.41) is 1.28. The minimum atomic E-state index is 0.919. The van der Waals surface area contributed by atoms with Crippen LogP contribution in [0.2, 0.25) is 0 Å². The van der Waals surface area contributed by atoms with Crippen LogP contribution in [0, 0.1) is 6.92 Å². The molecule has 86 valence electrons. The lowest BCUT2D eigenvalue weighted by molar-refractivity contribution is -0.368. The molecule has 16 heavy (non-hydrogen) atoms. The summed E-state index contributed by atoms with van der Waals surface area (Å²) < 4.78 is 5.26. The van der Waals surface area contributed by atoms with E-state index in [2.05, 4.69) is 29.8 Å². The molecule has 0 amide bonds. The van der Waals surface area contributed by atoms with Gasteiger partial charge >= 0.3 is 0 Å². The van der Waals surface area contributed by atoms with Crippen molar-refractivity contribution in [1.29, 1.82) is 0 Å². The lowest BCUT2D eigenvalue weighted by Crippen LogP contribution is -2.50. The zero-order valence-electron chi connectivity index (χ0n) is 9.97. The first-order valence-electron chi connectivity index (χ1n) is 5.70. The van der Waals surface area contributed by atoms with E-state index in [0.29, 0.717) is 0 Å². The van der Waals surface area contributed by atoms with E-state index in [1.807, 2.05) is 6.07 Å². The number of aryl methyl sites for hydroxylation is 2. The fraction of sp³-hybridized carbons (Fsp3) is 0.385. The van der Waals surface area contributed by atoms with E-state index in [1.165, 1.54) is 22.2 Å². The van der Waals surface area contributed by atoms with Crippen molar-refractivity contribution in [3.8, 4) is 5.75 Å². The zero-order chi connectivity index (χ0) is 11.5. The molecular weight excluding hydrogens is 200 g/mol. The van der Waals surface area contributed by atoms with Crippen LogP contribution in [-0.4, -0.2) is 18.6 Å². The Labute approximate surface area is 95.6 Å². The molecule has 1 aromatic heterocycles. The number of nitrogens with one attached hydrogen (secondary N) is 1. The van der Waals surface area contributed by atoms with Crippen molar-refractivity contribution in [3.05, 3.63) is 29.5 Å². The van der Waals surface area contributed by atoms with Crippen LogP contribution in [0.15, 0.2) is 18.2 Å². The molecule has 2 rings (SSSR count). The van der Waals surface area contributed by atoms with Crippen molar-refractivity contribution in [2.24, 2.45) is 0 Å². The van der Waals surface area contributed by atoms with Crippen LogP contribution in [0.25, 0.3) is 10.9 Å². The van der Waals surface area contributed by atoms with Crippen molar-refractivity contribution in [3.63, 3.8) is 0 Å². The first-order chi connectivity index (χ1) is 7.76. The Balaban J connectivity index is 2.48. The summed E-state index contributed by atoms with van der Waals surface area (Å²) in [6, 6.07) is 6.18. The third-order valence-electron chi connectivity index (χ3n) is 3.00. The Bertz CT molecular complexity index is 488. The van der Waals surface area contributed by atoms with Gasteiger partial charge in [-0.25, -0.2) is 0 Å². The number of hydrogen-bond acceptors (Lipinski definition) is 1. The van der Waals surface area contributed by atoms with Gasteiger partial charge in [0.05, 0.1) is 13.7 Å². The Kier molecular flexibility index (Phi) is 3.15. The number of ether oxygens (including phenoxy) is 1. The standard InChI is InChI=1S/C13H18N2O/c1-9-11(4-3-7-14)12-8-10(16-2)5-6-13(12)15-9/h5-6,8,15H,3-4,7,14H2,1-2H3/p+1. The molecule has 0 radical (unpaired) electrons. The summed E-state index contributed by atoms with van der Waals surface area (Å²) in [6.07, 6.45) is 2.22. The van der Waals surface area contributed by atoms with Crippen molar-refractivity contribution >= 4 is 10.9 Å². The lowest BCUT2D eigenvalue weighted by Gasteiger charge is -2.01. The predicted molar refractivity (Wildman–Crippen MR) is 65.7 cm³/mol. The van der Waals surface area contributed by atoms with Crippen LogP contribution in [0.5, 0.6) is 5.75 Å². The molecule has 0 saturated carbocycles. The topological polar surface area (TPSA) is 52.7 Å². The van der Waals surface area contributed by atoms with Gasteiger partial charge in [0.25, 0.3) is 0 Å². The Morgan fingerprint density at radius 3 is 2.88 bits per heavy atom. The summed E-state index contributed by atoms with van der Waals surface area (Å²) in [6.45, 7) is 3.11. The molecule has 0 fully saturated rings. The van der Waals surface area contributed by atoms with Crippen molar-refractivity contribution < 1.29 is 10.5 Å². The van der Waals surface area contributed by atoms with Crippen LogP contribution < -0.4 is 10.5 Å². The van der Waals surface area contributed by atoms with Gasteiger partial charge in [-0.3, -0.25) is 0 Å². The number of rotatable bonds is 4. The molecular formula is C13H19N2O+. The Morgan fingerprint density at radius 1 is 1.38 bits per heavy atom. The van der Waals surface area contributed by atoms with Crippen LogP contribution >= 0.6 is 0 Å². The molecule has 0 bridgehead atoms. The van der Waals surface area contributed by atoms with Gasteiger partial charge in [0, 0.05) is 23.0 Å². The highest BCUT2D eigenvalue weighted by atomic mass is 16.5. The van der Waals surface area contributed by atoms with E-state index in [9.17, 15) is 0 Å². The van der Waals surface area contributed by atoms with Gasteiger partial charge in [0.15, 0.2) is 0 Å². The van der Waals surface area contributed by atoms with Gasteiger partial charge in [-0.05, 0) is 37.1 Å². The summed E-state index contributed by atoms with van der Waals surface area (Å²) >= 11 is 0. The quantitative estimate of drug-likeness (QED) is 0.807. The van der Waals surface area contributed by atoms with Gasteiger partial charge < -0.3 is 15.5 Å². The molecule has 2 aromatic rings. The fourth-order valence-corrected chi connectivity index (χ4v) is 2.11. The fourth-order valence-electron chi connectivity index (χ4n) is 2.11. The van der Waals surface area contributed by atoms with E-state index >= 15 is 0 Å². The molecule has 1 aromatic carbocycles. The molecule has 0 atom stereocenters. The SMILES string of the molecule is COc1ccc2[nH]c(C)c(CCC[NH3+])c2c1. The van der Waals surface area contributed by atoms with Gasteiger partial charge in [0.2, 0.25) is 0 Å². The molecule has 4 N–H and O–H groups in total. The third kappa shape index (κ3) is 1.91. The maximum Gasteiger partial charge on any atom is 0.119 e.